The van der Waals surface area contributed by atoms with Gasteiger partial charge in [-0.15, -0.1) is 0 Å². The Kier molecular flexibility index (Phi) is 1.28. The second kappa shape index (κ2) is 2.27. The number of rotatable bonds is 0. The van der Waals surface area contributed by atoms with Crippen molar-refractivity contribution in [1.29, 1.82) is 0 Å². The van der Waals surface area contributed by atoms with E-state index in [1.807, 2.05) is 0 Å². The maximum Gasteiger partial charge on any atom is 0.125 e. The Bertz CT molecular complexity index is 387. The van der Waals surface area contributed by atoms with Crippen molar-refractivity contribution in [1.82, 2.24) is 9.97 Å². The standard InChI is InChI=1S/C8H5FN2/c9-6-1-2-7-8(5-6)11-4-3-10-7/h1-5H. The molecule has 0 N–H and O–H groups in total. The average Bonchev–Trinajstić information content (AvgIpc) is 2.04. The van der Waals surface area contributed by atoms with Gasteiger partial charge in [-0.2, -0.15) is 0 Å². The van der Waals surface area contributed by atoms with Crippen LogP contribution >= 0.6 is 0 Å². The van der Waals surface area contributed by atoms with E-state index in [-0.39, 0.29) is 5.82 Å². The molecule has 2 nitrogen and oxygen atoms in total. The number of fused-ring (bicyclic) bond motifs is 1. The van der Waals surface area contributed by atoms with Crippen molar-refractivity contribution in [3.8, 4) is 0 Å². The predicted molar refractivity (Wildman–Crippen MR) is 39.5 cm³/mol. The van der Waals surface area contributed by atoms with E-state index in [1.54, 1.807) is 18.5 Å². The van der Waals surface area contributed by atoms with Crippen molar-refractivity contribution in [2.75, 3.05) is 0 Å². The SMILES string of the molecule is Fc1ccc2nccnc2c1. The highest BCUT2D eigenvalue weighted by Crippen LogP contribution is 2.08. The van der Waals surface area contributed by atoms with Crippen LogP contribution < -0.4 is 0 Å². The highest BCUT2D eigenvalue weighted by molar-refractivity contribution is 5.73. The van der Waals surface area contributed by atoms with Crippen LogP contribution in [0.1, 0.15) is 0 Å². The highest BCUT2D eigenvalue weighted by atomic mass is 19.1. The molecule has 1 aromatic heterocycles. The van der Waals surface area contributed by atoms with Crippen LogP contribution in [0.15, 0.2) is 30.6 Å². The topological polar surface area (TPSA) is 25.8 Å². The van der Waals surface area contributed by atoms with E-state index in [4.69, 9.17) is 0 Å². The molecule has 0 radical (unpaired) electrons. The lowest BCUT2D eigenvalue weighted by Gasteiger charge is -1.92. The molecule has 2 aromatic rings. The van der Waals surface area contributed by atoms with Crippen LogP contribution in [0.4, 0.5) is 4.39 Å². The first-order valence-electron chi connectivity index (χ1n) is 3.22. The zero-order chi connectivity index (χ0) is 7.68. The second-order valence-corrected chi connectivity index (χ2v) is 2.19. The fourth-order valence-corrected chi connectivity index (χ4v) is 0.936. The summed E-state index contributed by atoms with van der Waals surface area (Å²) in [5.41, 5.74) is 1.31. The van der Waals surface area contributed by atoms with Crippen molar-refractivity contribution in [2.24, 2.45) is 0 Å². The molecule has 2 rings (SSSR count). The van der Waals surface area contributed by atoms with Gasteiger partial charge in [-0.3, -0.25) is 9.97 Å². The van der Waals surface area contributed by atoms with Gasteiger partial charge in [-0.05, 0) is 12.1 Å². The maximum absolute atomic E-state index is 12.6. The number of hydrogen-bond donors (Lipinski definition) is 0. The Morgan fingerprint density at radius 1 is 1.00 bits per heavy atom. The molecule has 3 heteroatoms. The molecule has 0 aliphatic rings. The van der Waals surface area contributed by atoms with Gasteiger partial charge >= 0.3 is 0 Å². The molecule has 0 saturated heterocycles. The minimum Gasteiger partial charge on any atom is -0.253 e. The quantitative estimate of drug-likeness (QED) is 0.569. The summed E-state index contributed by atoms with van der Waals surface area (Å²) in [7, 11) is 0. The van der Waals surface area contributed by atoms with Crippen molar-refractivity contribution in [3.63, 3.8) is 0 Å². The average molecular weight is 148 g/mol. The predicted octanol–water partition coefficient (Wildman–Crippen LogP) is 1.77. The summed E-state index contributed by atoms with van der Waals surface area (Å²) in [5.74, 6) is -0.280. The highest BCUT2D eigenvalue weighted by Gasteiger charge is 1.94. The number of aromatic nitrogens is 2. The van der Waals surface area contributed by atoms with Crippen LogP contribution in [-0.4, -0.2) is 9.97 Å². The summed E-state index contributed by atoms with van der Waals surface area (Å²) in [6, 6.07) is 4.34. The molecule has 0 fully saturated rings. The molecular formula is C8H5FN2. The van der Waals surface area contributed by atoms with Gasteiger partial charge in [-0.1, -0.05) is 0 Å². The molecule has 1 aromatic carbocycles. The zero-order valence-electron chi connectivity index (χ0n) is 5.66. The molecule has 11 heavy (non-hydrogen) atoms. The molecule has 0 aliphatic heterocycles. The molecule has 0 bridgehead atoms. The van der Waals surface area contributed by atoms with Gasteiger partial charge in [0.15, 0.2) is 0 Å². The van der Waals surface area contributed by atoms with Gasteiger partial charge in [0.25, 0.3) is 0 Å². The molecule has 0 amide bonds. The van der Waals surface area contributed by atoms with Crippen LogP contribution in [0.5, 0.6) is 0 Å². The fraction of sp³-hybridized carbons (Fsp3) is 0. The molecule has 0 aliphatic carbocycles. The molecule has 0 saturated carbocycles. The third-order valence-electron chi connectivity index (χ3n) is 1.43. The summed E-state index contributed by atoms with van der Waals surface area (Å²) in [6.45, 7) is 0. The third kappa shape index (κ3) is 1.05. The van der Waals surface area contributed by atoms with Crippen LogP contribution in [0, 0.1) is 5.82 Å². The van der Waals surface area contributed by atoms with Crippen molar-refractivity contribution in [2.45, 2.75) is 0 Å². The van der Waals surface area contributed by atoms with E-state index in [0.717, 1.165) is 0 Å². The minimum atomic E-state index is -0.280. The lowest BCUT2D eigenvalue weighted by Crippen LogP contribution is -1.82. The Morgan fingerprint density at radius 3 is 2.55 bits per heavy atom. The molecule has 0 spiro atoms. The van der Waals surface area contributed by atoms with Crippen molar-refractivity contribution < 1.29 is 4.39 Å². The van der Waals surface area contributed by atoms with E-state index in [9.17, 15) is 4.39 Å². The summed E-state index contributed by atoms with van der Waals surface area (Å²) in [6.07, 6.45) is 3.13. The monoisotopic (exact) mass is 148 g/mol. The van der Waals surface area contributed by atoms with Gasteiger partial charge in [0.2, 0.25) is 0 Å². The first-order valence-corrected chi connectivity index (χ1v) is 3.22. The number of hydrogen-bond acceptors (Lipinski definition) is 2. The lowest BCUT2D eigenvalue weighted by atomic mass is 10.3. The number of nitrogens with zero attached hydrogens (tertiary/aromatic N) is 2. The van der Waals surface area contributed by atoms with E-state index < -0.39 is 0 Å². The largest absolute Gasteiger partial charge is 0.253 e. The van der Waals surface area contributed by atoms with Gasteiger partial charge in [0.05, 0.1) is 11.0 Å². The van der Waals surface area contributed by atoms with Gasteiger partial charge in [-0.25, -0.2) is 4.39 Å². The minimum absolute atomic E-state index is 0.280. The molecular weight excluding hydrogens is 143 g/mol. The number of halogens is 1. The first-order chi connectivity index (χ1) is 5.36. The van der Waals surface area contributed by atoms with Gasteiger partial charge in [0, 0.05) is 18.5 Å². The first kappa shape index (κ1) is 6.22. The van der Waals surface area contributed by atoms with E-state index in [0.29, 0.717) is 11.0 Å². The lowest BCUT2D eigenvalue weighted by molar-refractivity contribution is 0.629. The maximum atomic E-state index is 12.6. The fourth-order valence-electron chi connectivity index (χ4n) is 0.936. The third-order valence-corrected chi connectivity index (χ3v) is 1.43. The van der Waals surface area contributed by atoms with Gasteiger partial charge < -0.3 is 0 Å². The van der Waals surface area contributed by atoms with Crippen molar-refractivity contribution in [3.05, 3.63) is 36.4 Å². The Balaban J connectivity index is 2.83. The summed E-state index contributed by atoms with van der Waals surface area (Å²) in [4.78, 5) is 7.93. The second-order valence-electron chi connectivity index (χ2n) is 2.19. The van der Waals surface area contributed by atoms with Crippen molar-refractivity contribution >= 4 is 11.0 Å². The summed E-state index contributed by atoms with van der Waals surface area (Å²) < 4.78 is 12.6. The van der Waals surface area contributed by atoms with Crippen LogP contribution in [-0.2, 0) is 0 Å². The molecule has 0 atom stereocenters. The normalized spacial score (nSPS) is 10.3. The summed E-state index contributed by atoms with van der Waals surface area (Å²) in [5, 5.41) is 0. The molecule has 54 valence electrons. The Morgan fingerprint density at radius 2 is 1.73 bits per heavy atom. The number of benzene rings is 1. The van der Waals surface area contributed by atoms with E-state index in [1.165, 1.54) is 12.1 Å². The smallest absolute Gasteiger partial charge is 0.125 e. The van der Waals surface area contributed by atoms with Crippen LogP contribution in [0.3, 0.4) is 0 Å². The summed E-state index contributed by atoms with van der Waals surface area (Å²) >= 11 is 0. The zero-order valence-corrected chi connectivity index (χ0v) is 5.66. The molecule has 0 unspecified atom stereocenters. The van der Waals surface area contributed by atoms with E-state index in [2.05, 4.69) is 9.97 Å². The van der Waals surface area contributed by atoms with Gasteiger partial charge in [0.1, 0.15) is 5.82 Å². The van der Waals surface area contributed by atoms with Crippen LogP contribution in [0.2, 0.25) is 0 Å². The van der Waals surface area contributed by atoms with Crippen LogP contribution in [0.25, 0.3) is 11.0 Å². The van der Waals surface area contributed by atoms with E-state index >= 15 is 0 Å². The Hall–Kier alpha value is -1.51. The molecule has 1 heterocycles. The Labute approximate surface area is 62.7 Å².